The van der Waals surface area contributed by atoms with E-state index in [-0.39, 0.29) is 11.8 Å². The van der Waals surface area contributed by atoms with Crippen LogP contribution in [0.3, 0.4) is 0 Å². The van der Waals surface area contributed by atoms with Gasteiger partial charge in [-0.1, -0.05) is 25.7 Å². The van der Waals surface area contributed by atoms with Gasteiger partial charge in [-0.25, -0.2) is 0 Å². The highest BCUT2D eigenvalue weighted by molar-refractivity contribution is 5.78. The van der Waals surface area contributed by atoms with E-state index in [0.717, 1.165) is 12.8 Å². The van der Waals surface area contributed by atoms with Crippen LogP contribution in [0.15, 0.2) is 24.5 Å². The van der Waals surface area contributed by atoms with Gasteiger partial charge in [0.05, 0.1) is 12.7 Å². The molecule has 1 N–H and O–H groups in total. The first-order valence-electron chi connectivity index (χ1n) is 6.54. The first-order chi connectivity index (χ1) is 9.27. The molecule has 0 aliphatic carbocycles. The minimum atomic E-state index is 0.0764. The Labute approximate surface area is 114 Å². The summed E-state index contributed by atoms with van der Waals surface area (Å²) in [5.41, 5.74) is 0. The van der Waals surface area contributed by atoms with Crippen LogP contribution in [0.5, 0.6) is 5.75 Å². The summed E-state index contributed by atoms with van der Waals surface area (Å²) in [5.74, 6) is 6.57. The van der Waals surface area contributed by atoms with Gasteiger partial charge in [0.1, 0.15) is 12.4 Å². The second-order valence-electron chi connectivity index (χ2n) is 4.06. The van der Waals surface area contributed by atoms with Crippen LogP contribution >= 0.6 is 0 Å². The zero-order chi connectivity index (χ0) is 13.9. The van der Waals surface area contributed by atoms with Gasteiger partial charge in [0.25, 0.3) is 0 Å². The van der Waals surface area contributed by atoms with E-state index in [1.54, 1.807) is 18.5 Å². The number of rotatable bonds is 6. The Morgan fingerprint density at radius 2 is 2.21 bits per heavy atom. The Morgan fingerprint density at radius 1 is 1.42 bits per heavy atom. The van der Waals surface area contributed by atoms with Gasteiger partial charge in [-0.2, -0.15) is 0 Å². The Morgan fingerprint density at radius 3 is 2.84 bits per heavy atom. The van der Waals surface area contributed by atoms with Crippen LogP contribution in [0, 0.1) is 17.8 Å². The summed E-state index contributed by atoms with van der Waals surface area (Å²) in [6.45, 7) is 4.70. The average Bonchev–Trinajstić information content (AvgIpc) is 2.45. The van der Waals surface area contributed by atoms with Crippen molar-refractivity contribution in [3.63, 3.8) is 0 Å². The second kappa shape index (κ2) is 8.98. The quantitative estimate of drug-likeness (QED) is 0.796. The van der Waals surface area contributed by atoms with Crippen molar-refractivity contribution in [2.75, 3.05) is 13.2 Å². The van der Waals surface area contributed by atoms with Gasteiger partial charge in [-0.05, 0) is 25.0 Å². The Bertz CT molecular complexity index is 430. The predicted octanol–water partition coefficient (Wildman–Crippen LogP) is 2.02. The van der Waals surface area contributed by atoms with Crippen LogP contribution < -0.4 is 10.1 Å². The van der Waals surface area contributed by atoms with E-state index >= 15 is 0 Å². The fourth-order valence-electron chi connectivity index (χ4n) is 1.60. The molecule has 1 aromatic rings. The van der Waals surface area contributed by atoms with Gasteiger partial charge in [-0.15, -0.1) is 0 Å². The number of aromatic nitrogens is 1. The standard InChI is InChI=1S/C15H20N2O2/c1-3-13(4-2)15(18)17-10-5-6-11-19-14-8-7-9-16-12-14/h7-9,12-13H,3-4,10-11H2,1-2H3,(H,17,18). The van der Waals surface area contributed by atoms with Crippen molar-refractivity contribution >= 4 is 5.91 Å². The molecule has 0 spiro atoms. The van der Waals surface area contributed by atoms with Gasteiger partial charge in [0.15, 0.2) is 0 Å². The molecule has 0 bridgehead atoms. The smallest absolute Gasteiger partial charge is 0.223 e. The van der Waals surface area contributed by atoms with E-state index in [1.807, 2.05) is 19.9 Å². The van der Waals surface area contributed by atoms with Crippen LogP contribution in [-0.2, 0) is 4.79 Å². The fraction of sp³-hybridized carbons (Fsp3) is 0.467. The first kappa shape index (κ1) is 15.0. The summed E-state index contributed by atoms with van der Waals surface area (Å²) in [6.07, 6.45) is 5.04. The van der Waals surface area contributed by atoms with E-state index in [0.29, 0.717) is 18.9 Å². The highest BCUT2D eigenvalue weighted by Gasteiger charge is 2.12. The lowest BCUT2D eigenvalue weighted by Gasteiger charge is -2.10. The molecule has 0 aliphatic heterocycles. The SMILES string of the molecule is CCC(CC)C(=O)NCC#CCOc1cccnc1. The molecule has 4 nitrogen and oxygen atoms in total. The molecule has 102 valence electrons. The molecular formula is C15H20N2O2. The summed E-state index contributed by atoms with van der Waals surface area (Å²) in [6, 6.07) is 3.63. The lowest BCUT2D eigenvalue weighted by Crippen LogP contribution is -2.30. The summed E-state index contributed by atoms with van der Waals surface area (Å²) in [7, 11) is 0. The van der Waals surface area contributed by atoms with Crippen molar-refractivity contribution in [2.45, 2.75) is 26.7 Å². The largest absolute Gasteiger partial charge is 0.479 e. The number of nitrogens with one attached hydrogen (secondary N) is 1. The monoisotopic (exact) mass is 260 g/mol. The summed E-state index contributed by atoms with van der Waals surface area (Å²) in [4.78, 5) is 15.6. The van der Waals surface area contributed by atoms with E-state index in [4.69, 9.17) is 4.74 Å². The molecule has 1 aromatic heterocycles. The molecule has 1 amide bonds. The van der Waals surface area contributed by atoms with Crippen molar-refractivity contribution in [3.8, 4) is 17.6 Å². The van der Waals surface area contributed by atoms with Crippen molar-refractivity contribution in [3.05, 3.63) is 24.5 Å². The van der Waals surface area contributed by atoms with Crippen molar-refractivity contribution in [1.82, 2.24) is 10.3 Å². The number of pyridine rings is 1. The van der Waals surface area contributed by atoms with Crippen molar-refractivity contribution in [1.29, 1.82) is 0 Å². The molecule has 1 rings (SSSR count). The number of carbonyl (C=O) groups excluding carboxylic acids is 1. The number of hydrogen-bond acceptors (Lipinski definition) is 3. The Kier molecular flexibility index (Phi) is 7.11. The minimum absolute atomic E-state index is 0.0764. The topological polar surface area (TPSA) is 51.2 Å². The van der Waals surface area contributed by atoms with Crippen LogP contribution in [0.4, 0.5) is 0 Å². The molecule has 19 heavy (non-hydrogen) atoms. The molecule has 0 aromatic carbocycles. The number of nitrogens with zero attached hydrogens (tertiary/aromatic N) is 1. The average molecular weight is 260 g/mol. The molecule has 0 fully saturated rings. The summed E-state index contributed by atoms with van der Waals surface area (Å²) < 4.78 is 5.35. The number of carbonyl (C=O) groups is 1. The minimum Gasteiger partial charge on any atom is -0.479 e. The maximum atomic E-state index is 11.6. The van der Waals surface area contributed by atoms with Crippen molar-refractivity contribution in [2.24, 2.45) is 5.92 Å². The normalized spacial score (nSPS) is 9.63. The molecule has 0 aliphatic rings. The van der Waals surface area contributed by atoms with Gasteiger partial charge < -0.3 is 10.1 Å². The van der Waals surface area contributed by atoms with Crippen LogP contribution in [0.25, 0.3) is 0 Å². The maximum Gasteiger partial charge on any atom is 0.223 e. The van der Waals surface area contributed by atoms with Crippen LogP contribution in [-0.4, -0.2) is 24.0 Å². The van der Waals surface area contributed by atoms with E-state index < -0.39 is 0 Å². The molecule has 1 heterocycles. The number of amides is 1. The lowest BCUT2D eigenvalue weighted by molar-refractivity contribution is -0.124. The molecule has 0 saturated carbocycles. The molecule has 4 heteroatoms. The highest BCUT2D eigenvalue weighted by Crippen LogP contribution is 2.06. The summed E-state index contributed by atoms with van der Waals surface area (Å²) in [5, 5.41) is 2.80. The molecule has 0 saturated heterocycles. The van der Waals surface area contributed by atoms with Gasteiger partial charge in [-0.3, -0.25) is 9.78 Å². The molecule has 0 atom stereocenters. The molecule has 0 unspecified atom stereocenters. The summed E-state index contributed by atoms with van der Waals surface area (Å²) >= 11 is 0. The zero-order valence-corrected chi connectivity index (χ0v) is 11.5. The van der Waals surface area contributed by atoms with Gasteiger partial charge >= 0.3 is 0 Å². The van der Waals surface area contributed by atoms with E-state index in [9.17, 15) is 4.79 Å². The van der Waals surface area contributed by atoms with Crippen molar-refractivity contribution < 1.29 is 9.53 Å². The number of ether oxygens (including phenoxy) is 1. The highest BCUT2D eigenvalue weighted by atomic mass is 16.5. The maximum absolute atomic E-state index is 11.6. The second-order valence-corrected chi connectivity index (χ2v) is 4.06. The predicted molar refractivity (Wildman–Crippen MR) is 74.6 cm³/mol. The molecular weight excluding hydrogens is 240 g/mol. The van der Waals surface area contributed by atoms with E-state index in [2.05, 4.69) is 22.1 Å². The third-order valence-electron chi connectivity index (χ3n) is 2.78. The van der Waals surface area contributed by atoms with Gasteiger partial charge in [0.2, 0.25) is 5.91 Å². The van der Waals surface area contributed by atoms with E-state index in [1.165, 1.54) is 0 Å². The third-order valence-corrected chi connectivity index (χ3v) is 2.78. The first-order valence-corrected chi connectivity index (χ1v) is 6.54. The van der Waals surface area contributed by atoms with Gasteiger partial charge in [0, 0.05) is 12.1 Å². The molecule has 0 radical (unpaired) electrons. The Balaban J connectivity index is 2.20. The fourth-order valence-corrected chi connectivity index (χ4v) is 1.60. The van der Waals surface area contributed by atoms with Crippen LogP contribution in [0.1, 0.15) is 26.7 Å². The Hall–Kier alpha value is -2.02. The third kappa shape index (κ3) is 5.91. The zero-order valence-electron chi connectivity index (χ0n) is 11.5. The number of hydrogen-bond donors (Lipinski definition) is 1. The lowest BCUT2D eigenvalue weighted by atomic mass is 10.0. The van der Waals surface area contributed by atoms with Crippen LogP contribution in [0.2, 0.25) is 0 Å².